The zero-order valence-electron chi connectivity index (χ0n) is 15.3. The van der Waals surface area contributed by atoms with Crippen molar-refractivity contribution in [2.24, 2.45) is 5.73 Å². The second kappa shape index (κ2) is 9.35. The number of amides is 2. The molecule has 2 heterocycles. The summed E-state index contributed by atoms with van der Waals surface area (Å²) in [4.78, 5) is 31.9. The van der Waals surface area contributed by atoms with E-state index in [0.29, 0.717) is 0 Å². The number of nitrogens with one attached hydrogen (secondary N) is 1. The lowest BCUT2D eigenvalue weighted by Gasteiger charge is -2.13. The molecule has 8 nitrogen and oxygen atoms in total. The highest BCUT2D eigenvalue weighted by Gasteiger charge is 2.17. The summed E-state index contributed by atoms with van der Waals surface area (Å²) < 4.78 is 10.5. The van der Waals surface area contributed by atoms with Crippen LogP contribution < -0.4 is 20.5 Å². The molecular weight excluding hydrogens is 416 g/mol. The normalized spacial score (nSPS) is 10.4. The SMILES string of the molecule is COc1cc(C(=O)NCc2nc(-c3ccncc3)cs2)cc(Cl)c1OCC(N)=O. The Kier molecular flexibility index (Phi) is 6.63. The Balaban J connectivity index is 1.68. The number of thiazole rings is 1. The van der Waals surface area contributed by atoms with E-state index in [4.69, 9.17) is 26.8 Å². The first kappa shape index (κ1) is 20.6. The van der Waals surface area contributed by atoms with E-state index in [1.165, 1.54) is 30.6 Å². The van der Waals surface area contributed by atoms with E-state index >= 15 is 0 Å². The summed E-state index contributed by atoms with van der Waals surface area (Å²) in [6, 6.07) is 6.64. The van der Waals surface area contributed by atoms with Gasteiger partial charge < -0.3 is 20.5 Å². The largest absolute Gasteiger partial charge is 0.493 e. The molecule has 0 aliphatic heterocycles. The van der Waals surface area contributed by atoms with Gasteiger partial charge in [0.1, 0.15) is 5.01 Å². The molecule has 0 saturated heterocycles. The summed E-state index contributed by atoms with van der Waals surface area (Å²) in [5.41, 5.74) is 7.13. The number of halogens is 1. The monoisotopic (exact) mass is 432 g/mol. The number of primary amides is 1. The number of aromatic nitrogens is 2. The van der Waals surface area contributed by atoms with E-state index in [0.717, 1.165) is 16.3 Å². The molecule has 29 heavy (non-hydrogen) atoms. The second-order valence-electron chi connectivity index (χ2n) is 5.79. The molecule has 0 unspecified atom stereocenters. The maximum Gasteiger partial charge on any atom is 0.255 e. The van der Waals surface area contributed by atoms with Gasteiger partial charge in [0.05, 0.1) is 24.4 Å². The van der Waals surface area contributed by atoms with Gasteiger partial charge in [-0.1, -0.05) is 11.6 Å². The Hall–Kier alpha value is -3.17. The summed E-state index contributed by atoms with van der Waals surface area (Å²) in [6.07, 6.45) is 3.40. The van der Waals surface area contributed by atoms with Gasteiger partial charge in [0.2, 0.25) is 0 Å². The van der Waals surface area contributed by atoms with Crippen LogP contribution in [0.2, 0.25) is 5.02 Å². The molecule has 0 bridgehead atoms. The fourth-order valence-corrected chi connectivity index (χ4v) is 3.45. The molecule has 0 aliphatic carbocycles. The number of rotatable bonds is 8. The summed E-state index contributed by atoms with van der Waals surface area (Å²) >= 11 is 7.62. The minimum Gasteiger partial charge on any atom is -0.493 e. The molecule has 2 aromatic heterocycles. The van der Waals surface area contributed by atoms with Gasteiger partial charge in [-0.2, -0.15) is 0 Å². The van der Waals surface area contributed by atoms with Gasteiger partial charge in [0.15, 0.2) is 18.1 Å². The van der Waals surface area contributed by atoms with Gasteiger partial charge in [-0.15, -0.1) is 11.3 Å². The van der Waals surface area contributed by atoms with E-state index in [9.17, 15) is 9.59 Å². The number of benzene rings is 1. The Morgan fingerprint density at radius 2 is 2.03 bits per heavy atom. The molecule has 1 aromatic carbocycles. The number of nitrogens with two attached hydrogens (primary N) is 1. The van der Waals surface area contributed by atoms with Crippen molar-refractivity contribution >= 4 is 34.8 Å². The molecule has 3 rings (SSSR count). The van der Waals surface area contributed by atoms with Crippen LogP contribution in [0.5, 0.6) is 11.5 Å². The number of methoxy groups -OCH3 is 1. The van der Waals surface area contributed by atoms with E-state index in [-0.39, 0.29) is 41.1 Å². The molecule has 0 spiro atoms. The van der Waals surface area contributed by atoms with Crippen molar-refractivity contribution in [1.29, 1.82) is 0 Å². The van der Waals surface area contributed by atoms with Crippen molar-refractivity contribution in [2.75, 3.05) is 13.7 Å². The molecule has 10 heteroatoms. The Labute approximate surface area is 175 Å². The van der Waals surface area contributed by atoms with Crippen molar-refractivity contribution in [2.45, 2.75) is 6.54 Å². The molecule has 0 radical (unpaired) electrons. The van der Waals surface area contributed by atoms with Crippen LogP contribution >= 0.6 is 22.9 Å². The molecule has 0 saturated carbocycles. The number of nitrogens with zero attached hydrogens (tertiary/aromatic N) is 2. The third-order valence-corrected chi connectivity index (χ3v) is 4.91. The third-order valence-electron chi connectivity index (χ3n) is 3.78. The predicted octanol–water partition coefficient (Wildman–Crippen LogP) is 2.66. The summed E-state index contributed by atoms with van der Waals surface area (Å²) in [7, 11) is 1.40. The quantitative estimate of drug-likeness (QED) is 0.565. The Morgan fingerprint density at radius 3 is 2.72 bits per heavy atom. The van der Waals surface area contributed by atoms with Gasteiger partial charge in [-0.25, -0.2) is 4.98 Å². The van der Waals surface area contributed by atoms with Crippen molar-refractivity contribution in [3.8, 4) is 22.8 Å². The molecule has 3 aromatic rings. The number of carbonyl (C=O) groups excluding carboxylic acids is 2. The molecule has 2 amide bonds. The zero-order valence-corrected chi connectivity index (χ0v) is 16.9. The van der Waals surface area contributed by atoms with Crippen LogP contribution in [0.3, 0.4) is 0 Å². The van der Waals surface area contributed by atoms with Gasteiger partial charge in [-0.05, 0) is 24.3 Å². The van der Waals surface area contributed by atoms with Gasteiger partial charge in [0, 0.05) is 28.9 Å². The van der Waals surface area contributed by atoms with E-state index in [1.807, 2.05) is 17.5 Å². The van der Waals surface area contributed by atoms with Crippen LogP contribution in [0.25, 0.3) is 11.3 Å². The zero-order chi connectivity index (χ0) is 20.8. The first-order valence-electron chi connectivity index (χ1n) is 8.39. The molecule has 0 fully saturated rings. The summed E-state index contributed by atoms with van der Waals surface area (Å²) in [5, 5.41) is 5.60. The van der Waals surface area contributed by atoms with Crippen molar-refractivity contribution in [1.82, 2.24) is 15.3 Å². The topological polar surface area (TPSA) is 116 Å². The van der Waals surface area contributed by atoms with E-state index < -0.39 is 5.91 Å². The van der Waals surface area contributed by atoms with E-state index in [2.05, 4.69) is 15.3 Å². The minimum atomic E-state index is -0.653. The Bertz CT molecular complexity index is 1030. The van der Waals surface area contributed by atoms with Crippen LogP contribution in [0, 0.1) is 0 Å². The summed E-state index contributed by atoms with van der Waals surface area (Å²) in [6.45, 7) is -0.0973. The fraction of sp³-hybridized carbons (Fsp3) is 0.158. The van der Waals surface area contributed by atoms with Crippen LogP contribution in [0.1, 0.15) is 15.4 Å². The minimum absolute atomic E-state index is 0.130. The predicted molar refractivity (Wildman–Crippen MR) is 109 cm³/mol. The number of hydrogen-bond donors (Lipinski definition) is 2. The van der Waals surface area contributed by atoms with Crippen LogP contribution in [0.15, 0.2) is 42.0 Å². The first-order chi connectivity index (χ1) is 14.0. The lowest BCUT2D eigenvalue weighted by molar-refractivity contribution is -0.119. The maximum absolute atomic E-state index is 12.5. The number of ether oxygens (including phenoxy) is 2. The van der Waals surface area contributed by atoms with Crippen molar-refractivity contribution in [3.63, 3.8) is 0 Å². The van der Waals surface area contributed by atoms with E-state index in [1.54, 1.807) is 12.4 Å². The first-order valence-corrected chi connectivity index (χ1v) is 9.65. The molecular formula is C19H17ClN4O4S. The number of hydrogen-bond acceptors (Lipinski definition) is 7. The second-order valence-corrected chi connectivity index (χ2v) is 7.14. The molecule has 3 N–H and O–H groups in total. The average molecular weight is 433 g/mol. The molecule has 0 atom stereocenters. The number of carbonyl (C=O) groups is 2. The van der Waals surface area contributed by atoms with Gasteiger partial charge in [0.25, 0.3) is 11.8 Å². The Morgan fingerprint density at radius 1 is 1.28 bits per heavy atom. The van der Waals surface area contributed by atoms with Gasteiger partial charge in [-0.3, -0.25) is 14.6 Å². The standard InChI is InChI=1S/C19H17ClN4O4S/c1-27-15-7-12(6-13(20)18(15)28-9-16(21)25)19(26)23-8-17-24-14(10-29-17)11-2-4-22-5-3-11/h2-7,10H,8-9H2,1H3,(H2,21,25)(H,23,26). The molecule has 150 valence electrons. The maximum atomic E-state index is 12.5. The smallest absolute Gasteiger partial charge is 0.255 e. The molecule has 0 aliphatic rings. The summed E-state index contributed by atoms with van der Waals surface area (Å²) in [5.74, 6) is -0.642. The van der Waals surface area contributed by atoms with Crippen LogP contribution in [0.4, 0.5) is 0 Å². The van der Waals surface area contributed by atoms with Crippen LogP contribution in [-0.2, 0) is 11.3 Å². The van der Waals surface area contributed by atoms with Crippen molar-refractivity contribution in [3.05, 3.63) is 57.6 Å². The fourth-order valence-electron chi connectivity index (χ4n) is 2.44. The highest BCUT2D eigenvalue weighted by molar-refractivity contribution is 7.09. The van der Waals surface area contributed by atoms with Crippen LogP contribution in [-0.4, -0.2) is 35.5 Å². The third kappa shape index (κ3) is 5.21. The van der Waals surface area contributed by atoms with Crippen molar-refractivity contribution < 1.29 is 19.1 Å². The average Bonchev–Trinajstić information content (AvgIpc) is 3.20. The van der Waals surface area contributed by atoms with Gasteiger partial charge >= 0.3 is 0 Å². The lowest BCUT2D eigenvalue weighted by atomic mass is 10.2. The lowest BCUT2D eigenvalue weighted by Crippen LogP contribution is -2.23. The number of pyridine rings is 1. The highest BCUT2D eigenvalue weighted by atomic mass is 35.5. The highest BCUT2D eigenvalue weighted by Crippen LogP contribution is 2.36.